The first-order chi connectivity index (χ1) is 4.75. The molecule has 0 saturated carbocycles. The molecule has 3 heteroatoms. The molecule has 0 bridgehead atoms. The maximum absolute atomic E-state index is 9.27. The highest BCUT2D eigenvalue weighted by Gasteiger charge is 2.01. The summed E-state index contributed by atoms with van der Waals surface area (Å²) in [6.07, 6.45) is 0. The number of halogens is 2. The van der Waals surface area contributed by atoms with E-state index >= 15 is 0 Å². The van der Waals surface area contributed by atoms with Gasteiger partial charge in [-0.2, -0.15) is 0 Å². The number of para-hydroxylation sites is 1. The van der Waals surface area contributed by atoms with Gasteiger partial charge in [-0.3, -0.25) is 0 Å². The van der Waals surface area contributed by atoms with Crippen LogP contribution in [0, 0.1) is 0 Å². The molecule has 1 rings (SSSR count). The van der Waals surface area contributed by atoms with Gasteiger partial charge in [-0.1, -0.05) is 12.1 Å². The molecule has 0 radical (unpaired) electrons. The Morgan fingerprint density at radius 3 is 2.70 bits per heavy atom. The Balaban J connectivity index is 3.14. The van der Waals surface area contributed by atoms with Crippen molar-refractivity contribution in [1.29, 1.82) is 0 Å². The summed E-state index contributed by atoms with van der Waals surface area (Å²) in [5.74, 6) is 0.572. The van der Waals surface area contributed by atoms with Gasteiger partial charge in [0.05, 0.1) is 10.4 Å². The molecule has 0 aromatic heterocycles. The van der Waals surface area contributed by atoms with E-state index in [2.05, 4.69) is 15.9 Å². The van der Waals surface area contributed by atoms with E-state index in [9.17, 15) is 5.11 Å². The lowest BCUT2D eigenvalue weighted by Gasteiger charge is -2.00. The molecule has 0 heterocycles. The average Bonchev–Trinajstić information content (AvgIpc) is 1.95. The van der Waals surface area contributed by atoms with Crippen LogP contribution in [0.25, 0.3) is 0 Å². The van der Waals surface area contributed by atoms with Crippen LogP contribution in [-0.4, -0.2) is 5.11 Å². The number of hydrogen-bond donors (Lipinski definition) is 1. The van der Waals surface area contributed by atoms with E-state index in [0.29, 0.717) is 10.4 Å². The van der Waals surface area contributed by atoms with E-state index < -0.39 is 0 Å². The average molecular weight is 221 g/mol. The zero-order chi connectivity index (χ0) is 7.56. The molecule has 1 nitrogen and oxygen atoms in total. The molecule has 0 aliphatic heterocycles. The van der Waals surface area contributed by atoms with Crippen molar-refractivity contribution in [3.8, 4) is 5.75 Å². The molecule has 10 heavy (non-hydrogen) atoms. The van der Waals surface area contributed by atoms with Crippen molar-refractivity contribution in [3.05, 3.63) is 28.2 Å². The first kappa shape index (κ1) is 7.89. The number of alkyl halides is 1. The fourth-order valence-electron chi connectivity index (χ4n) is 0.668. The number of hydrogen-bond acceptors (Lipinski definition) is 1. The molecular weight excluding hydrogens is 215 g/mol. The monoisotopic (exact) mass is 220 g/mol. The molecule has 0 amide bonds. The summed E-state index contributed by atoms with van der Waals surface area (Å²) < 4.78 is 0.686. The lowest BCUT2D eigenvalue weighted by molar-refractivity contribution is 0.467. The minimum Gasteiger partial charge on any atom is -0.506 e. The molecular formula is C7H6BrClO. The molecule has 54 valence electrons. The van der Waals surface area contributed by atoms with E-state index in [-0.39, 0.29) is 5.75 Å². The van der Waals surface area contributed by atoms with Crippen LogP contribution in [0.1, 0.15) is 5.56 Å². The zero-order valence-corrected chi connectivity index (χ0v) is 7.48. The summed E-state index contributed by atoms with van der Waals surface area (Å²) in [7, 11) is 0. The first-order valence-electron chi connectivity index (χ1n) is 2.78. The molecule has 0 unspecified atom stereocenters. The SMILES string of the molecule is Oc1c(Br)cccc1CCl. The normalized spacial score (nSPS) is 9.80. The van der Waals surface area contributed by atoms with E-state index in [4.69, 9.17) is 11.6 Å². The molecule has 0 aliphatic rings. The molecule has 1 aromatic carbocycles. The smallest absolute Gasteiger partial charge is 0.134 e. The standard InChI is InChI=1S/C7H6BrClO/c8-6-3-1-2-5(4-9)7(6)10/h1-3,10H,4H2. The second kappa shape index (κ2) is 3.26. The first-order valence-corrected chi connectivity index (χ1v) is 4.10. The van der Waals surface area contributed by atoms with E-state index in [0.717, 1.165) is 5.56 Å². The van der Waals surface area contributed by atoms with Gasteiger partial charge in [0, 0.05) is 5.56 Å². The number of phenolic OH excluding ortho intramolecular Hbond substituents is 1. The molecule has 0 saturated heterocycles. The second-order valence-corrected chi connectivity index (χ2v) is 3.00. The van der Waals surface area contributed by atoms with Crippen LogP contribution >= 0.6 is 27.5 Å². The highest BCUT2D eigenvalue weighted by Crippen LogP contribution is 2.28. The number of rotatable bonds is 1. The van der Waals surface area contributed by atoms with Crippen LogP contribution < -0.4 is 0 Å². The molecule has 1 N–H and O–H groups in total. The summed E-state index contributed by atoms with van der Waals surface area (Å²) >= 11 is 8.70. The topological polar surface area (TPSA) is 20.2 Å². The molecule has 1 aromatic rings. The predicted molar refractivity (Wildman–Crippen MR) is 45.4 cm³/mol. The third-order valence-corrected chi connectivity index (χ3v) is 2.14. The summed E-state index contributed by atoms with van der Waals surface area (Å²) in [6.45, 7) is 0. The maximum atomic E-state index is 9.27. The van der Waals surface area contributed by atoms with E-state index in [1.165, 1.54) is 0 Å². The third kappa shape index (κ3) is 1.44. The van der Waals surface area contributed by atoms with Crippen LogP contribution in [-0.2, 0) is 5.88 Å². The fourth-order valence-corrected chi connectivity index (χ4v) is 1.29. The van der Waals surface area contributed by atoms with E-state index in [1.807, 2.05) is 6.07 Å². The largest absolute Gasteiger partial charge is 0.506 e. The van der Waals surface area contributed by atoms with Crippen LogP contribution in [0.15, 0.2) is 22.7 Å². The summed E-state index contributed by atoms with van der Waals surface area (Å²) in [5.41, 5.74) is 0.746. The summed E-state index contributed by atoms with van der Waals surface area (Å²) in [5, 5.41) is 9.27. The van der Waals surface area contributed by atoms with Gasteiger partial charge >= 0.3 is 0 Å². The van der Waals surface area contributed by atoms with Gasteiger partial charge in [-0.25, -0.2) is 0 Å². The highest BCUT2D eigenvalue weighted by atomic mass is 79.9. The Kier molecular flexibility index (Phi) is 2.57. The summed E-state index contributed by atoms with van der Waals surface area (Å²) in [4.78, 5) is 0. The Labute approximate surface area is 72.8 Å². The number of phenols is 1. The number of benzene rings is 1. The van der Waals surface area contributed by atoms with Crippen LogP contribution in [0.2, 0.25) is 0 Å². The molecule has 0 fully saturated rings. The summed E-state index contributed by atoms with van der Waals surface area (Å²) in [6, 6.07) is 5.39. The molecule has 0 atom stereocenters. The Hall–Kier alpha value is -0.210. The van der Waals surface area contributed by atoms with Gasteiger partial charge < -0.3 is 5.11 Å². The van der Waals surface area contributed by atoms with Gasteiger partial charge in [0.2, 0.25) is 0 Å². The third-order valence-electron chi connectivity index (χ3n) is 1.21. The zero-order valence-electron chi connectivity index (χ0n) is 5.14. The van der Waals surface area contributed by atoms with Gasteiger partial charge in [0.1, 0.15) is 5.75 Å². The maximum Gasteiger partial charge on any atom is 0.134 e. The van der Waals surface area contributed by atoms with Gasteiger partial charge in [-0.05, 0) is 22.0 Å². The number of aromatic hydroxyl groups is 1. The highest BCUT2D eigenvalue weighted by molar-refractivity contribution is 9.10. The fraction of sp³-hybridized carbons (Fsp3) is 0.143. The van der Waals surface area contributed by atoms with Crippen molar-refractivity contribution in [1.82, 2.24) is 0 Å². The Morgan fingerprint density at radius 2 is 2.20 bits per heavy atom. The lowest BCUT2D eigenvalue weighted by Crippen LogP contribution is -1.78. The lowest BCUT2D eigenvalue weighted by atomic mass is 10.2. The van der Waals surface area contributed by atoms with Crippen LogP contribution in [0.3, 0.4) is 0 Å². The van der Waals surface area contributed by atoms with Crippen molar-refractivity contribution < 1.29 is 5.11 Å². The van der Waals surface area contributed by atoms with Crippen molar-refractivity contribution in [2.45, 2.75) is 5.88 Å². The van der Waals surface area contributed by atoms with Crippen molar-refractivity contribution in [2.75, 3.05) is 0 Å². The van der Waals surface area contributed by atoms with Gasteiger partial charge in [0.15, 0.2) is 0 Å². The quantitative estimate of drug-likeness (QED) is 0.723. The van der Waals surface area contributed by atoms with Crippen molar-refractivity contribution in [2.24, 2.45) is 0 Å². The van der Waals surface area contributed by atoms with Crippen LogP contribution in [0.5, 0.6) is 5.75 Å². The van der Waals surface area contributed by atoms with Crippen molar-refractivity contribution >= 4 is 27.5 Å². The molecule has 0 spiro atoms. The van der Waals surface area contributed by atoms with Crippen LogP contribution in [0.4, 0.5) is 0 Å². The Bertz CT molecular complexity index is 237. The van der Waals surface area contributed by atoms with E-state index in [1.54, 1.807) is 12.1 Å². The van der Waals surface area contributed by atoms with Gasteiger partial charge in [0.25, 0.3) is 0 Å². The Morgan fingerprint density at radius 1 is 1.50 bits per heavy atom. The second-order valence-electron chi connectivity index (χ2n) is 1.88. The minimum atomic E-state index is 0.234. The van der Waals surface area contributed by atoms with Crippen molar-refractivity contribution in [3.63, 3.8) is 0 Å². The van der Waals surface area contributed by atoms with Gasteiger partial charge in [-0.15, -0.1) is 11.6 Å². The predicted octanol–water partition coefficient (Wildman–Crippen LogP) is 2.89. The molecule has 0 aliphatic carbocycles. The minimum absolute atomic E-state index is 0.234.